The molecule has 2 rings (SSSR count). The average Bonchev–Trinajstić information content (AvgIpc) is 2.64. The third kappa shape index (κ3) is 5.44. The number of unbranched alkanes of at least 4 members (excludes halogenated alkanes) is 1. The zero-order valence-corrected chi connectivity index (χ0v) is 15.8. The van der Waals surface area contributed by atoms with Crippen molar-refractivity contribution in [2.45, 2.75) is 33.6 Å². The summed E-state index contributed by atoms with van der Waals surface area (Å²) in [5, 5.41) is 13.7. The molecular weight excluding hydrogens is 348 g/mol. The fourth-order valence-electron chi connectivity index (χ4n) is 2.45. The van der Waals surface area contributed by atoms with Crippen LogP contribution in [-0.2, 0) is 0 Å². The van der Waals surface area contributed by atoms with Gasteiger partial charge in [-0.2, -0.15) is 0 Å². The highest BCUT2D eigenvalue weighted by Gasteiger charge is 2.15. The second-order valence-electron chi connectivity index (χ2n) is 6.01. The molecule has 1 amide bonds. The van der Waals surface area contributed by atoms with Gasteiger partial charge in [0, 0.05) is 22.9 Å². The van der Waals surface area contributed by atoms with Crippen molar-refractivity contribution in [1.29, 1.82) is 0 Å². The molecule has 2 aromatic carbocycles. The first-order valence-corrected chi connectivity index (χ1v) is 8.92. The van der Waals surface area contributed by atoms with Crippen molar-refractivity contribution in [3.63, 3.8) is 0 Å². The second kappa shape index (κ2) is 9.56. The molecule has 0 unspecified atom stereocenters. The summed E-state index contributed by atoms with van der Waals surface area (Å²) in [7, 11) is 0. The lowest BCUT2D eigenvalue weighted by Crippen LogP contribution is -2.13. The van der Waals surface area contributed by atoms with E-state index in [-0.39, 0.29) is 11.6 Å². The summed E-state index contributed by atoms with van der Waals surface area (Å²) in [6, 6.07) is 9.53. The van der Waals surface area contributed by atoms with E-state index >= 15 is 0 Å². The molecule has 1 N–H and O–H groups in total. The minimum atomic E-state index is -0.472. The van der Waals surface area contributed by atoms with Gasteiger partial charge in [-0.1, -0.05) is 19.4 Å². The Bertz CT molecular complexity index is 820. The Kier molecular flexibility index (Phi) is 7.16. The number of nitro benzene ring substituents is 1. The molecule has 0 aliphatic heterocycles. The number of ether oxygens (including phenoxy) is 2. The van der Waals surface area contributed by atoms with Gasteiger partial charge in [0.2, 0.25) is 0 Å². The smallest absolute Gasteiger partial charge is 0.274 e. The largest absolute Gasteiger partial charge is 0.490 e. The maximum Gasteiger partial charge on any atom is 0.274 e. The van der Waals surface area contributed by atoms with Crippen molar-refractivity contribution in [2.75, 3.05) is 18.5 Å². The Morgan fingerprint density at radius 2 is 1.89 bits per heavy atom. The number of anilines is 1. The first-order chi connectivity index (χ1) is 13.0. The third-order valence-electron chi connectivity index (χ3n) is 3.92. The molecule has 0 radical (unpaired) electrons. The minimum absolute atomic E-state index is 0.0394. The van der Waals surface area contributed by atoms with Crippen LogP contribution < -0.4 is 14.8 Å². The van der Waals surface area contributed by atoms with Gasteiger partial charge < -0.3 is 14.8 Å². The van der Waals surface area contributed by atoms with Gasteiger partial charge in [0.1, 0.15) is 0 Å². The molecule has 0 aromatic heterocycles. The van der Waals surface area contributed by atoms with Crippen LogP contribution in [0.2, 0.25) is 0 Å². The molecule has 0 saturated carbocycles. The van der Waals surface area contributed by atoms with E-state index in [4.69, 9.17) is 9.47 Å². The topological polar surface area (TPSA) is 90.7 Å². The molecule has 0 bridgehead atoms. The fraction of sp³-hybridized carbons (Fsp3) is 0.350. The molecule has 0 aliphatic rings. The van der Waals surface area contributed by atoms with Crippen molar-refractivity contribution < 1.29 is 19.2 Å². The maximum absolute atomic E-state index is 12.5. The van der Waals surface area contributed by atoms with Crippen LogP contribution in [0.1, 0.15) is 42.6 Å². The molecule has 7 heteroatoms. The van der Waals surface area contributed by atoms with Crippen LogP contribution >= 0.6 is 0 Å². The van der Waals surface area contributed by atoms with Crippen molar-refractivity contribution in [1.82, 2.24) is 0 Å². The summed E-state index contributed by atoms with van der Waals surface area (Å²) in [5.41, 5.74) is 1.23. The molecule has 0 spiro atoms. The zero-order chi connectivity index (χ0) is 19.8. The Morgan fingerprint density at radius 1 is 1.11 bits per heavy atom. The SMILES string of the molecule is CCCCOc1ccc(C(=O)Nc2ccc(C)c([N+](=O)[O-])c2)cc1OCC. The van der Waals surface area contributed by atoms with Crippen molar-refractivity contribution in [2.24, 2.45) is 0 Å². The number of hydrogen-bond donors (Lipinski definition) is 1. The molecule has 7 nitrogen and oxygen atoms in total. The zero-order valence-electron chi connectivity index (χ0n) is 15.8. The van der Waals surface area contributed by atoms with E-state index < -0.39 is 4.92 Å². The first kappa shape index (κ1) is 20.2. The van der Waals surface area contributed by atoms with E-state index in [1.54, 1.807) is 37.3 Å². The van der Waals surface area contributed by atoms with Gasteiger partial charge in [0.15, 0.2) is 11.5 Å². The van der Waals surface area contributed by atoms with Gasteiger partial charge in [-0.15, -0.1) is 0 Å². The predicted octanol–water partition coefficient (Wildman–Crippen LogP) is 4.73. The number of nitro groups is 1. The summed E-state index contributed by atoms with van der Waals surface area (Å²) < 4.78 is 11.3. The Morgan fingerprint density at radius 3 is 2.56 bits per heavy atom. The second-order valence-corrected chi connectivity index (χ2v) is 6.01. The summed E-state index contributed by atoms with van der Waals surface area (Å²) >= 11 is 0. The minimum Gasteiger partial charge on any atom is -0.490 e. The summed E-state index contributed by atoms with van der Waals surface area (Å²) in [6.45, 7) is 6.60. The molecule has 0 atom stereocenters. The summed E-state index contributed by atoms with van der Waals surface area (Å²) in [5.74, 6) is 0.707. The average molecular weight is 372 g/mol. The maximum atomic E-state index is 12.5. The quantitative estimate of drug-likeness (QED) is 0.390. The van der Waals surface area contributed by atoms with Gasteiger partial charge in [0.25, 0.3) is 11.6 Å². The molecule has 2 aromatic rings. The van der Waals surface area contributed by atoms with Crippen molar-refractivity contribution >= 4 is 17.3 Å². The van der Waals surface area contributed by atoms with Crippen LogP contribution in [-0.4, -0.2) is 24.0 Å². The van der Waals surface area contributed by atoms with Crippen LogP contribution in [0.15, 0.2) is 36.4 Å². The Balaban J connectivity index is 2.19. The molecular formula is C20H24N2O5. The lowest BCUT2D eigenvalue weighted by Gasteiger charge is -2.13. The highest BCUT2D eigenvalue weighted by atomic mass is 16.6. The van der Waals surface area contributed by atoms with Gasteiger partial charge >= 0.3 is 0 Å². The van der Waals surface area contributed by atoms with Crippen molar-refractivity contribution in [3.05, 3.63) is 57.6 Å². The molecule has 0 heterocycles. The summed E-state index contributed by atoms with van der Waals surface area (Å²) in [4.78, 5) is 23.1. The number of nitrogens with zero attached hydrogens (tertiary/aromatic N) is 1. The monoisotopic (exact) mass is 372 g/mol. The van der Waals surface area contributed by atoms with E-state index in [0.717, 1.165) is 12.8 Å². The highest BCUT2D eigenvalue weighted by Crippen LogP contribution is 2.29. The van der Waals surface area contributed by atoms with E-state index in [2.05, 4.69) is 12.2 Å². The number of aryl methyl sites for hydroxylation is 1. The molecule has 0 aliphatic carbocycles. The standard InChI is InChI=1S/C20H24N2O5/c1-4-6-11-27-18-10-8-15(12-19(18)26-5-2)20(23)21-16-9-7-14(3)17(13-16)22(24)25/h7-10,12-13H,4-6,11H2,1-3H3,(H,21,23). The number of amides is 1. The number of rotatable bonds is 9. The normalized spacial score (nSPS) is 10.3. The Labute approximate surface area is 158 Å². The van der Waals surface area contributed by atoms with E-state index in [0.29, 0.717) is 41.5 Å². The van der Waals surface area contributed by atoms with Gasteiger partial charge in [-0.05, 0) is 44.5 Å². The van der Waals surface area contributed by atoms with E-state index in [1.807, 2.05) is 6.92 Å². The lowest BCUT2D eigenvalue weighted by atomic mass is 10.1. The fourth-order valence-corrected chi connectivity index (χ4v) is 2.45. The number of carbonyl (C=O) groups is 1. The van der Waals surface area contributed by atoms with Crippen LogP contribution in [0.4, 0.5) is 11.4 Å². The lowest BCUT2D eigenvalue weighted by molar-refractivity contribution is -0.385. The predicted molar refractivity (Wildman–Crippen MR) is 104 cm³/mol. The van der Waals surface area contributed by atoms with Crippen molar-refractivity contribution in [3.8, 4) is 11.5 Å². The third-order valence-corrected chi connectivity index (χ3v) is 3.92. The molecule has 0 saturated heterocycles. The number of carbonyl (C=O) groups excluding carboxylic acids is 1. The van der Waals surface area contributed by atoms with Crippen LogP contribution in [0.3, 0.4) is 0 Å². The van der Waals surface area contributed by atoms with E-state index in [9.17, 15) is 14.9 Å². The Hall–Kier alpha value is -3.09. The molecule has 0 fully saturated rings. The summed E-state index contributed by atoms with van der Waals surface area (Å²) in [6.07, 6.45) is 1.95. The highest BCUT2D eigenvalue weighted by molar-refractivity contribution is 6.04. The molecule has 144 valence electrons. The van der Waals surface area contributed by atoms with Crippen LogP contribution in [0.25, 0.3) is 0 Å². The number of nitrogens with one attached hydrogen (secondary N) is 1. The number of hydrogen-bond acceptors (Lipinski definition) is 5. The van der Waals surface area contributed by atoms with Gasteiger partial charge in [-0.3, -0.25) is 14.9 Å². The molecule has 27 heavy (non-hydrogen) atoms. The van der Waals surface area contributed by atoms with Gasteiger partial charge in [0.05, 0.1) is 18.1 Å². The number of benzene rings is 2. The van der Waals surface area contributed by atoms with E-state index in [1.165, 1.54) is 6.07 Å². The first-order valence-electron chi connectivity index (χ1n) is 8.92. The van der Waals surface area contributed by atoms with Crippen LogP contribution in [0, 0.1) is 17.0 Å². The van der Waals surface area contributed by atoms with Crippen LogP contribution in [0.5, 0.6) is 11.5 Å². The van der Waals surface area contributed by atoms with Gasteiger partial charge in [-0.25, -0.2) is 0 Å².